The fourth-order valence-electron chi connectivity index (χ4n) is 3.94. The maximum atomic E-state index is 14.3. The molecule has 0 amide bonds. The van der Waals surface area contributed by atoms with Gasteiger partial charge in [0.25, 0.3) is 5.88 Å². The summed E-state index contributed by atoms with van der Waals surface area (Å²) in [5.41, 5.74) is 0.784. The number of nitrogens with one attached hydrogen (secondary N) is 1. The van der Waals surface area contributed by atoms with Gasteiger partial charge in [-0.2, -0.15) is 0 Å². The molecule has 0 aliphatic rings. The number of imidazole rings is 1. The Balaban J connectivity index is 1.89. The second-order valence-corrected chi connectivity index (χ2v) is 10.1. The summed E-state index contributed by atoms with van der Waals surface area (Å²) in [7, 11) is -2.11. The standard InChI is InChI=1S/C24H23F2N3O5S/c1-4-34-23-21(33-2)11-9-17(27-23)20(13-35(3,31)32)29-19-10-8-14(12-18(19)28-24(29)30)15-6-5-7-16(25)22(15)26/h5-12,20H,4,13H2,1-3H3,(H,28,30). The summed E-state index contributed by atoms with van der Waals surface area (Å²) < 4.78 is 64.7. The van der Waals surface area contributed by atoms with E-state index in [9.17, 15) is 22.0 Å². The van der Waals surface area contributed by atoms with Crippen LogP contribution in [0.3, 0.4) is 0 Å². The highest BCUT2D eigenvalue weighted by molar-refractivity contribution is 7.90. The maximum absolute atomic E-state index is 14.3. The Morgan fingerprint density at radius 2 is 1.91 bits per heavy atom. The number of halogens is 2. The van der Waals surface area contributed by atoms with Gasteiger partial charge in [-0.05, 0) is 42.8 Å². The van der Waals surface area contributed by atoms with Crippen molar-refractivity contribution in [1.29, 1.82) is 0 Å². The molecule has 0 aliphatic heterocycles. The zero-order valence-electron chi connectivity index (χ0n) is 19.2. The molecule has 4 rings (SSSR count). The van der Waals surface area contributed by atoms with Crippen LogP contribution in [0, 0.1) is 11.6 Å². The molecule has 1 unspecified atom stereocenters. The van der Waals surface area contributed by atoms with Crippen molar-refractivity contribution in [2.45, 2.75) is 13.0 Å². The molecule has 0 spiro atoms. The molecule has 2 aromatic carbocycles. The maximum Gasteiger partial charge on any atom is 0.327 e. The molecule has 0 bridgehead atoms. The highest BCUT2D eigenvalue weighted by Crippen LogP contribution is 2.31. The Labute approximate surface area is 200 Å². The molecule has 0 aliphatic carbocycles. The summed E-state index contributed by atoms with van der Waals surface area (Å²) in [6.45, 7) is 2.07. The molecule has 1 atom stereocenters. The van der Waals surface area contributed by atoms with Crippen molar-refractivity contribution in [2.24, 2.45) is 0 Å². The number of benzene rings is 2. The third-order valence-electron chi connectivity index (χ3n) is 5.44. The molecule has 0 saturated heterocycles. The predicted molar refractivity (Wildman–Crippen MR) is 128 cm³/mol. The minimum atomic E-state index is -3.56. The van der Waals surface area contributed by atoms with Gasteiger partial charge in [-0.1, -0.05) is 18.2 Å². The van der Waals surface area contributed by atoms with Crippen LogP contribution in [0.25, 0.3) is 22.2 Å². The number of hydrogen-bond acceptors (Lipinski definition) is 6. The van der Waals surface area contributed by atoms with E-state index in [1.807, 2.05) is 0 Å². The van der Waals surface area contributed by atoms with Gasteiger partial charge in [-0.3, -0.25) is 4.57 Å². The number of fused-ring (bicyclic) bond motifs is 1. The van der Waals surface area contributed by atoms with E-state index in [4.69, 9.17) is 9.47 Å². The van der Waals surface area contributed by atoms with Crippen molar-refractivity contribution in [3.05, 3.63) is 76.3 Å². The normalized spacial score (nSPS) is 12.6. The Morgan fingerprint density at radius 3 is 2.60 bits per heavy atom. The van der Waals surface area contributed by atoms with Crippen LogP contribution in [0.2, 0.25) is 0 Å². The van der Waals surface area contributed by atoms with Gasteiger partial charge in [0.2, 0.25) is 0 Å². The molecule has 2 aromatic heterocycles. The lowest BCUT2D eigenvalue weighted by atomic mass is 10.0. The van der Waals surface area contributed by atoms with Crippen LogP contribution in [-0.2, 0) is 9.84 Å². The van der Waals surface area contributed by atoms with E-state index in [2.05, 4.69) is 9.97 Å². The van der Waals surface area contributed by atoms with E-state index >= 15 is 0 Å². The number of aromatic nitrogens is 3. The van der Waals surface area contributed by atoms with Crippen molar-refractivity contribution in [3.63, 3.8) is 0 Å². The zero-order chi connectivity index (χ0) is 25.3. The van der Waals surface area contributed by atoms with Gasteiger partial charge < -0.3 is 14.5 Å². The molecule has 1 N–H and O–H groups in total. The monoisotopic (exact) mass is 503 g/mol. The van der Waals surface area contributed by atoms with Crippen LogP contribution in [0.5, 0.6) is 11.6 Å². The third kappa shape index (κ3) is 4.90. The Kier molecular flexibility index (Phi) is 6.62. The summed E-state index contributed by atoms with van der Waals surface area (Å²) in [6, 6.07) is 10.6. The molecule has 8 nitrogen and oxygen atoms in total. The van der Waals surface area contributed by atoms with Crippen LogP contribution < -0.4 is 15.2 Å². The smallest absolute Gasteiger partial charge is 0.327 e. The number of sulfone groups is 1. The molecule has 0 saturated carbocycles. The Hall–Kier alpha value is -3.73. The van der Waals surface area contributed by atoms with Gasteiger partial charge in [0.15, 0.2) is 17.4 Å². The SMILES string of the molecule is CCOc1nc(C(CS(C)(=O)=O)n2c(=O)[nH]c3cc(-c4cccc(F)c4F)ccc32)ccc1OC. The number of ether oxygens (including phenoxy) is 2. The van der Waals surface area contributed by atoms with Gasteiger partial charge in [-0.25, -0.2) is 27.0 Å². The van der Waals surface area contributed by atoms with Crippen LogP contribution >= 0.6 is 0 Å². The van der Waals surface area contributed by atoms with Gasteiger partial charge >= 0.3 is 5.69 Å². The van der Waals surface area contributed by atoms with Gasteiger partial charge in [0, 0.05) is 11.8 Å². The highest BCUT2D eigenvalue weighted by Gasteiger charge is 2.26. The number of methoxy groups -OCH3 is 1. The topological polar surface area (TPSA) is 103 Å². The second-order valence-electron chi connectivity index (χ2n) is 7.92. The first-order valence-corrected chi connectivity index (χ1v) is 12.7. The zero-order valence-corrected chi connectivity index (χ0v) is 20.0. The van der Waals surface area contributed by atoms with E-state index in [0.29, 0.717) is 29.0 Å². The lowest BCUT2D eigenvalue weighted by Crippen LogP contribution is -2.29. The minimum Gasteiger partial charge on any atom is -0.491 e. The van der Waals surface area contributed by atoms with Crippen LogP contribution in [0.15, 0.2) is 53.3 Å². The first-order chi connectivity index (χ1) is 16.6. The largest absolute Gasteiger partial charge is 0.491 e. The lowest BCUT2D eigenvalue weighted by molar-refractivity contribution is 0.296. The minimum absolute atomic E-state index is 0.0337. The van der Waals surface area contributed by atoms with E-state index in [0.717, 1.165) is 12.3 Å². The average molecular weight is 504 g/mol. The molecule has 184 valence electrons. The fraction of sp³-hybridized carbons (Fsp3) is 0.250. The van der Waals surface area contributed by atoms with Crippen LogP contribution in [0.4, 0.5) is 8.78 Å². The van der Waals surface area contributed by atoms with Crippen molar-refractivity contribution in [3.8, 4) is 22.8 Å². The third-order valence-corrected chi connectivity index (χ3v) is 6.36. The average Bonchev–Trinajstić information content (AvgIpc) is 3.13. The lowest BCUT2D eigenvalue weighted by Gasteiger charge is -2.19. The number of hydrogen-bond donors (Lipinski definition) is 1. The summed E-state index contributed by atoms with van der Waals surface area (Å²) >= 11 is 0. The predicted octanol–water partition coefficient (Wildman–Crippen LogP) is 3.71. The van der Waals surface area contributed by atoms with Crippen molar-refractivity contribution < 1.29 is 26.7 Å². The van der Waals surface area contributed by atoms with Gasteiger partial charge in [-0.15, -0.1) is 0 Å². The molecule has 35 heavy (non-hydrogen) atoms. The van der Waals surface area contributed by atoms with E-state index in [-0.39, 0.29) is 17.1 Å². The summed E-state index contributed by atoms with van der Waals surface area (Å²) in [4.78, 5) is 20.2. The summed E-state index contributed by atoms with van der Waals surface area (Å²) in [6.07, 6.45) is 1.07. The van der Waals surface area contributed by atoms with Crippen molar-refractivity contribution in [1.82, 2.24) is 14.5 Å². The fourth-order valence-corrected chi connectivity index (χ4v) is 4.83. The molecular formula is C24H23F2N3O5S. The molecule has 2 heterocycles. The van der Waals surface area contributed by atoms with Crippen molar-refractivity contribution >= 4 is 20.9 Å². The van der Waals surface area contributed by atoms with E-state index in [1.165, 1.54) is 35.9 Å². The highest BCUT2D eigenvalue weighted by atomic mass is 32.2. The molecule has 11 heteroatoms. The Bertz CT molecular complexity index is 1560. The van der Waals surface area contributed by atoms with Crippen LogP contribution in [-0.4, -0.2) is 48.7 Å². The number of aromatic amines is 1. The molecule has 0 radical (unpaired) electrons. The molecule has 4 aromatic rings. The second kappa shape index (κ2) is 9.49. The number of H-pyrrole nitrogens is 1. The summed E-state index contributed by atoms with van der Waals surface area (Å²) in [5, 5.41) is 0. The van der Waals surface area contributed by atoms with Gasteiger partial charge in [0.05, 0.1) is 42.2 Å². The Morgan fingerprint density at radius 1 is 1.14 bits per heavy atom. The number of nitrogens with zero attached hydrogens (tertiary/aromatic N) is 2. The summed E-state index contributed by atoms with van der Waals surface area (Å²) in [5.74, 6) is -1.87. The van der Waals surface area contributed by atoms with Crippen molar-refractivity contribution in [2.75, 3.05) is 25.7 Å². The van der Waals surface area contributed by atoms with E-state index in [1.54, 1.807) is 25.1 Å². The first kappa shape index (κ1) is 24.4. The quantitative estimate of drug-likeness (QED) is 0.393. The number of pyridine rings is 1. The van der Waals surface area contributed by atoms with Gasteiger partial charge in [0.1, 0.15) is 9.84 Å². The number of rotatable bonds is 8. The van der Waals surface area contributed by atoms with Crippen LogP contribution in [0.1, 0.15) is 18.7 Å². The molecule has 0 fully saturated rings. The van der Waals surface area contributed by atoms with E-state index < -0.39 is 39.0 Å². The molecular weight excluding hydrogens is 480 g/mol. The first-order valence-electron chi connectivity index (χ1n) is 10.7.